The first kappa shape index (κ1) is 24.3. The first-order valence-electron chi connectivity index (χ1n) is 10.9. The van der Waals surface area contributed by atoms with Gasteiger partial charge in [-0.15, -0.1) is 0 Å². The Morgan fingerprint density at radius 1 is 1.12 bits per heavy atom. The van der Waals surface area contributed by atoms with Crippen molar-refractivity contribution in [3.8, 4) is 0 Å². The second-order valence-corrected chi connectivity index (χ2v) is 8.31. The Morgan fingerprint density at radius 2 is 1.81 bits per heavy atom. The van der Waals surface area contributed by atoms with Crippen molar-refractivity contribution in [3.63, 3.8) is 0 Å². The van der Waals surface area contributed by atoms with Crippen LogP contribution in [0.5, 0.6) is 0 Å². The second-order valence-electron chi connectivity index (χ2n) is 7.90. The van der Waals surface area contributed by atoms with E-state index in [4.69, 9.17) is 25.8 Å². The van der Waals surface area contributed by atoms with Crippen LogP contribution in [0.3, 0.4) is 0 Å². The topological polar surface area (TPSA) is 85.9 Å². The Balaban J connectivity index is 2.25. The summed E-state index contributed by atoms with van der Waals surface area (Å²) in [6, 6.07) is 7.20. The normalized spacial score (nSPS) is 20.6. The van der Waals surface area contributed by atoms with Gasteiger partial charge >= 0.3 is 11.9 Å². The number of benzene rings is 1. The van der Waals surface area contributed by atoms with E-state index in [-0.39, 0.29) is 18.6 Å². The molecule has 0 amide bonds. The molecule has 1 fully saturated rings. The van der Waals surface area contributed by atoms with Gasteiger partial charge in [0.15, 0.2) is 0 Å². The van der Waals surface area contributed by atoms with Gasteiger partial charge < -0.3 is 24.8 Å². The molecule has 0 spiro atoms. The number of dihydropyridines is 1. The largest absolute Gasteiger partial charge is 0.466 e. The Kier molecular flexibility index (Phi) is 8.34. The number of piperidine rings is 1. The van der Waals surface area contributed by atoms with Gasteiger partial charge in [0, 0.05) is 17.8 Å². The van der Waals surface area contributed by atoms with E-state index >= 15 is 0 Å². The van der Waals surface area contributed by atoms with Gasteiger partial charge in [0.2, 0.25) is 0 Å². The maximum absolute atomic E-state index is 13.4. The van der Waals surface area contributed by atoms with Crippen molar-refractivity contribution in [2.45, 2.75) is 38.7 Å². The highest BCUT2D eigenvalue weighted by molar-refractivity contribution is 6.31. The molecule has 0 saturated carbocycles. The van der Waals surface area contributed by atoms with Gasteiger partial charge in [-0.3, -0.25) is 0 Å². The Morgan fingerprint density at radius 3 is 2.41 bits per heavy atom. The standard InChI is InChI=1S/C24H31ClN2O5/c1-5-32-24(29)20-19(16-8-6-7-9-17(16)25)18(23(28)31-4)14(2)27-21(20)22(30-3)15-10-12-26-13-11-15/h6-9,15,19,22,26-27H,5,10-13H2,1-4H3. The van der Waals surface area contributed by atoms with Crippen LogP contribution in [0.2, 0.25) is 5.02 Å². The number of allylic oxidation sites excluding steroid dienone is 1. The van der Waals surface area contributed by atoms with Crippen molar-refractivity contribution in [1.29, 1.82) is 0 Å². The molecular formula is C24H31ClN2O5. The van der Waals surface area contributed by atoms with Gasteiger partial charge in [-0.25, -0.2) is 9.59 Å². The first-order chi connectivity index (χ1) is 15.4. The SMILES string of the molecule is CCOC(=O)C1=C(C(OC)C2CCNCC2)NC(C)=C(C(=O)OC)C1c1ccccc1Cl. The fourth-order valence-corrected chi connectivity index (χ4v) is 4.85. The first-order valence-corrected chi connectivity index (χ1v) is 11.3. The number of halogens is 1. The van der Waals surface area contributed by atoms with Crippen molar-refractivity contribution in [2.24, 2.45) is 5.92 Å². The minimum atomic E-state index is -0.745. The minimum absolute atomic E-state index is 0.201. The maximum atomic E-state index is 13.4. The summed E-state index contributed by atoms with van der Waals surface area (Å²) in [5.41, 5.74) is 2.51. The second kappa shape index (κ2) is 11.0. The van der Waals surface area contributed by atoms with E-state index in [9.17, 15) is 9.59 Å². The van der Waals surface area contributed by atoms with Crippen molar-refractivity contribution >= 4 is 23.5 Å². The fourth-order valence-electron chi connectivity index (χ4n) is 4.61. The van der Waals surface area contributed by atoms with Gasteiger partial charge in [0.05, 0.1) is 36.5 Å². The summed E-state index contributed by atoms with van der Waals surface area (Å²) < 4.78 is 16.5. The smallest absolute Gasteiger partial charge is 0.336 e. The van der Waals surface area contributed by atoms with Gasteiger partial charge in [0.25, 0.3) is 0 Å². The summed E-state index contributed by atoms with van der Waals surface area (Å²) in [5, 5.41) is 7.12. The van der Waals surface area contributed by atoms with Crippen LogP contribution in [0.15, 0.2) is 46.8 Å². The predicted octanol–water partition coefficient (Wildman–Crippen LogP) is 3.31. The number of hydrogen-bond donors (Lipinski definition) is 2. The third-order valence-corrected chi connectivity index (χ3v) is 6.41. The van der Waals surface area contributed by atoms with E-state index in [1.165, 1.54) is 7.11 Å². The van der Waals surface area contributed by atoms with Crippen molar-refractivity contribution in [2.75, 3.05) is 33.9 Å². The lowest BCUT2D eigenvalue weighted by Crippen LogP contribution is -2.43. The Hall–Kier alpha value is -2.35. The number of hydrogen-bond acceptors (Lipinski definition) is 7. The third-order valence-electron chi connectivity index (χ3n) is 6.06. The highest BCUT2D eigenvalue weighted by Gasteiger charge is 2.43. The van der Waals surface area contributed by atoms with Crippen LogP contribution >= 0.6 is 11.6 Å². The number of ether oxygens (including phenoxy) is 3. The highest BCUT2D eigenvalue weighted by Crippen LogP contribution is 2.43. The van der Waals surface area contributed by atoms with E-state index in [2.05, 4.69) is 10.6 Å². The summed E-state index contributed by atoms with van der Waals surface area (Å²) in [5.74, 6) is -1.58. The molecule has 2 aliphatic rings. The predicted molar refractivity (Wildman–Crippen MR) is 122 cm³/mol. The van der Waals surface area contributed by atoms with E-state index in [1.54, 1.807) is 27.0 Å². The molecule has 1 saturated heterocycles. The summed E-state index contributed by atoms with van der Waals surface area (Å²) >= 11 is 6.57. The average Bonchev–Trinajstić information content (AvgIpc) is 2.80. The number of rotatable bonds is 7. The monoisotopic (exact) mass is 462 g/mol. The summed E-state index contributed by atoms with van der Waals surface area (Å²) in [6.45, 7) is 5.51. The van der Waals surface area contributed by atoms with Gasteiger partial charge in [0.1, 0.15) is 6.10 Å². The van der Waals surface area contributed by atoms with Crippen LogP contribution in [0.25, 0.3) is 0 Å². The molecule has 174 valence electrons. The van der Waals surface area contributed by atoms with Crippen LogP contribution in [0.4, 0.5) is 0 Å². The van der Waals surface area contributed by atoms with E-state index < -0.39 is 17.9 Å². The zero-order valence-electron chi connectivity index (χ0n) is 19.0. The zero-order valence-corrected chi connectivity index (χ0v) is 19.8. The number of esters is 2. The Bertz CT molecular complexity index is 921. The fraction of sp³-hybridized carbons (Fsp3) is 0.500. The molecule has 3 rings (SSSR count). The van der Waals surface area contributed by atoms with Crippen molar-refractivity contribution in [3.05, 3.63) is 57.4 Å². The molecular weight excluding hydrogens is 432 g/mol. The number of carbonyl (C=O) groups is 2. The quantitative estimate of drug-likeness (QED) is 0.601. The molecule has 0 radical (unpaired) electrons. The molecule has 7 nitrogen and oxygen atoms in total. The molecule has 2 atom stereocenters. The third kappa shape index (κ3) is 4.85. The van der Waals surface area contributed by atoms with Gasteiger partial charge in [-0.1, -0.05) is 29.8 Å². The van der Waals surface area contributed by atoms with E-state index in [1.807, 2.05) is 18.2 Å². The molecule has 2 aliphatic heterocycles. The molecule has 0 aromatic heterocycles. The lowest BCUT2D eigenvalue weighted by atomic mass is 9.77. The lowest BCUT2D eigenvalue weighted by Gasteiger charge is -2.38. The molecule has 1 aromatic carbocycles. The molecule has 2 unspecified atom stereocenters. The van der Waals surface area contributed by atoms with Crippen LogP contribution in [-0.4, -0.2) is 52.0 Å². The maximum Gasteiger partial charge on any atom is 0.336 e. The zero-order chi connectivity index (χ0) is 23.3. The van der Waals surface area contributed by atoms with Crippen molar-refractivity contribution in [1.82, 2.24) is 10.6 Å². The van der Waals surface area contributed by atoms with Crippen LogP contribution in [0, 0.1) is 5.92 Å². The summed E-state index contributed by atoms with van der Waals surface area (Å²) in [6.07, 6.45) is 1.45. The lowest BCUT2D eigenvalue weighted by molar-refractivity contribution is -0.139. The molecule has 0 aliphatic carbocycles. The number of carbonyl (C=O) groups excluding carboxylic acids is 2. The number of nitrogens with one attached hydrogen (secondary N) is 2. The molecule has 2 heterocycles. The average molecular weight is 463 g/mol. The molecule has 32 heavy (non-hydrogen) atoms. The van der Waals surface area contributed by atoms with E-state index in [0.717, 1.165) is 25.9 Å². The molecule has 2 N–H and O–H groups in total. The minimum Gasteiger partial charge on any atom is -0.466 e. The Labute approximate surface area is 194 Å². The van der Waals surface area contributed by atoms with Crippen LogP contribution < -0.4 is 10.6 Å². The van der Waals surface area contributed by atoms with Gasteiger partial charge in [-0.05, 0) is 57.3 Å². The van der Waals surface area contributed by atoms with E-state index in [0.29, 0.717) is 33.1 Å². The summed E-state index contributed by atoms with van der Waals surface area (Å²) in [7, 11) is 2.96. The molecule has 0 bridgehead atoms. The van der Waals surface area contributed by atoms with Crippen LogP contribution in [-0.2, 0) is 23.8 Å². The van der Waals surface area contributed by atoms with Gasteiger partial charge in [-0.2, -0.15) is 0 Å². The molecule has 1 aromatic rings. The highest BCUT2D eigenvalue weighted by atomic mass is 35.5. The van der Waals surface area contributed by atoms with Crippen molar-refractivity contribution < 1.29 is 23.8 Å². The summed E-state index contributed by atoms with van der Waals surface area (Å²) in [4.78, 5) is 26.2. The number of methoxy groups -OCH3 is 2. The van der Waals surface area contributed by atoms with Crippen LogP contribution in [0.1, 0.15) is 38.2 Å². The molecule has 8 heteroatoms.